The highest BCUT2D eigenvalue weighted by Crippen LogP contribution is 2.28. The van der Waals surface area contributed by atoms with Crippen LogP contribution in [0.5, 0.6) is 11.5 Å². The van der Waals surface area contributed by atoms with Crippen molar-refractivity contribution < 1.29 is 14.3 Å². The first-order chi connectivity index (χ1) is 9.61. The van der Waals surface area contributed by atoms with Crippen LogP contribution in [-0.2, 0) is 6.54 Å². The molecule has 0 fully saturated rings. The van der Waals surface area contributed by atoms with Crippen LogP contribution in [0.2, 0.25) is 0 Å². The van der Waals surface area contributed by atoms with Gasteiger partial charge in [0, 0.05) is 18.0 Å². The molecule has 1 aromatic heterocycles. The second-order valence-electron chi connectivity index (χ2n) is 4.44. The molecular formula is C15H18N2O3. The number of aromatic nitrogens is 2. The van der Waals surface area contributed by atoms with E-state index in [1.54, 1.807) is 31.5 Å². The van der Waals surface area contributed by atoms with Crippen LogP contribution in [0.25, 0.3) is 0 Å². The van der Waals surface area contributed by atoms with Crippen LogP contribution in [0, 0.1) is 6.92 Å². The van der Waals surface area contributed by atoms with E-state index in [1.165, 1.54) is 6.92 Å². The molecule has 5 heteroatoms. The first-order valence-corrected chi connectivity index (χ1v) is 6.41. The van der Waals surface area contributed by atoms with E-state index in [9.17, 15) is 4.79 Å². The largest absolute Gasteiger partial charge is 0.493 e. The van der Waals surface area contributed by atoms with Gasteiger partial charge in [0.05, 0.1) is 13.7 Å². The maximum atomic E-state index is 11.3. The molecule has 0 atom stereocenters. The van der Waals surface area contributed by atoms with Crippen LogP contribution >= 0.6 is 0 Å². The lowest BCUT2D eigenvalue weighted by Gasteiger charge is -2.12. The molecule has 20 heavy (non-hydrogen) atoms. The van der Waals surface area contributed by atoms with Gasteiger partial charge >= 0.3 is 0 Å². The Morgan fingerprint density at radius 2 is 2.15 bits per heavy atom. The van der Waals surface area contributed by atoms with Gasteiger partial charge in [0.1, 0.15) is 12.4 Å². The van der Waals surface area contributed by atoms with E-state index in [4.69, 9.17) is 9.47 Å². The lowest BCUT2D eigenvalue weighted by Crippen LogP contribution is -2.09. The minimum absolute atomic E-state index is 0.00360. The molecule has 0 amide bonds. The van der Waals surface area contributed by atoms with Crippen molar-refractivity contribution in [1.29, 1.82) is 0 Å². The van der Waals surface area contributed by atoms with Crippen molar-refractivity contribution in [2.45, 2.75) is 20.4 Å². The normalized spacial score (nSPS) is 10.3. The third-order valence-corrected chi connectivity index (χ3v) is 3.08. The topological polar surface area (TPSA) is 53.4 Å². The molecule has 0 spiro atoms. The summed E-state index contributed by atoms with van der Waals surface area (Å²) in [6.45, 7) is 4.69. The zero-order chi connectivity index (χ0) is 14.5. The van der Waals surface area contributed by atoms with Crippen molar-refractivity contribution in [2.75, 3.05) is 13.7 Å². The molecule has 0 aliphatic carbocycles. The fraction of sp³-hybridized carbons (Fsp3) is 0.333. The van der Waals surface area contributed by atoms with Crippen molar-refractivity contribution in [2.24, 2.45) is 0 Å². The molecule has 2 rings (SSSR count). The molecular weight excluding hydrogens is 256 g/mol. The van der Waals surface area contributed by atoms with Crippen LogP contribution in [-0.4, -0.2) is 29.1 Å². The number of imidazole rings is 1. The number of aryl methyl sites for hydroxylation is 1. The number of ketones is 1. The Labute approximate surface area is 118 Å². The number of Topliss-reactive ketones (excluding diaryl/α,β-unsaturated/α-hetero) is 1. The number of hydrogen-bond acceptors (Lipinski definition) is 4. The molecule has 0 saturated carbocycles. The molecule has 2 aromatic rings. The molecule has 0 aliphatic heterocycles. The summed E-state index contributed by atoms with van der Waals surface area (Å²) in [5.74, 6) is 2.16. The summed E-state index contributed by atoms with van der Waals surface area (Å²) in [6.07, 6.45) is 3.67. The molecule has 1 heterocycles. The number of carbonyl (C=O) groups is 1. The van der Waals surface area contributed by atoms with Gasteiger partial charge in [-0.3, -0.25) is 4.79 Å². The molecule has 0 N–H and O–H groups in total. The molecule has 0 aliphatic rings. The lowest BCUT2D eigenvalue weighted by atomic mass is 10.1. The van der Waals surface area contributed by atoms with Gasteiger partial charge in [0.2, 0.25) is 0 Å². The van der Waals surface area contributed by atoms with E-state index in [0.29, 0.717) is 30.2 Å². The Kier molecular flexibility index (Phi) is 4.40. The van der Waals surface area contributed by atoms with E-state index in [1.807, 2.05) is 17.7 Å². The zero-order valence-electron chi connectivity index (χ0n) is 11.9. The second-order valence-corrected chi connectivity index (χ2v) is 4.44. The van der Waals surface area contributed by atoms with Crippen molar-refractivity contribution in [3.63, 3.8) is 0 Å². The average molecular weight is 274 g/mol. The summed E-state index contributed by atoms with van der Waals surface area (Å²) in [4.78, 5) is 15.5. The molecule has 0 bridgehead atoms. The summed E-state index contributed by atoms with van der Waals surface area (Å²) >= 11 is 0. The number of rotatable bonds is 6. The van der Waals surface area contributed by atoms with Gasteiger partial charge in [-0.05, 0) is 32.0 Å². The standard InChI is InChI=1S/C15H18N2O3/c1-11(18)13-4-5-14(15(10-13)19-3)20-9-8-17-7-6-16-12(17)2/h4-7,10H,8-9H2,1-3H3. The summed E-state index contributed by atoms with van der Waals surface area (Å²) in [5, 5.41) is 0. The van der Waals surface area contributed by atoms with E-state index in [-0.39, 0.29) is 5.78 Å². The predicted molar refractivity (Wildman–Crippen MR) is 75.5 cm³/mol. The fourth-order valence-corrected chi connectivity index (χ4v) is 1.90. The number of ether oxygens (including phenoxy) is 2. The maximum Gasteiger partial charge on any atom is 0.161 e. The number of methoxy groups -OCH3 is 1. The van der Waals surface area contributed by atoms with Crippen molar-refractivity contribution in [3.05, 3.63) is 42.0 Å². The summed E-state index contributed by atoms with van der Waals surface area (Å²) in [7, 11) is 1.56. The summed E-state index contributed by atoms with van der Waals surface area (Å²) < 4.78 is 13.0. The second kappa shape index (κ2) is 6.23. The molecule has 1 aromatic carbocycles. The first-order valence-electron chi connectivity index (χ1n) is 6.41. The summed E-state index contributed by atoms with van der Waals surface area (Å²) in [5.41, 5.74) is 0.611. The molecule has 0 radical (unpaired) electrons. The Bertz CT molecular complexity index is 605. The maximum absolute atomic E-state index is 11.3. The predicted octanol–water partition coefficient (Wildman–Crippen LogP) is 2.48. The van der Waals surface area contributed by atoms with E-state index >= 15 is 0 Å². The van der Waals surface area contributed by atoms with Crippen LogP contribution in [0.3, 0.4) is 0 Å². The van der Waals surface area contributed by atoms with Gasteiger partial charge < -0.3 is 14.0 Å². The first kappa shape index (κ1) is 14.1. The third-order valence-electron chi connectivity index (χ3n) is 3.08. The van der Waals surface area contributed by atoms with Crippen LogP contribution in [0.1, 0.15) is 23.1 Å². The van der Waals surface area contributed by atoms with Crippen molar-refractivity contribution in [3.8, 4) is 11.5 Å². The molecule has 106 valence electrons. The fourth-order valence-electron chi connectivity index (χ4n) is 1.90. The van der Waals surface area contributed by atoms with Crippen molar-refractivity contribution in [1.82, 2.24) is 9.55 Å². The van der Waals surface area contributed by atoms with Gasteiger partial charge in [-0.2, -0.15) is 0 Å². The number of hydrogen-bond donors (Lipinski definition) is 0. The van der Waals surface area contributed by atoms with Gasteiger partial charge in [-0.1, -0.05) is 0 Å². The Morgan fingerprint density at radius 3 is 2.75 bits per heavy atom. The van der Waals surface area contributed by atoms with Gasteiger partial charge in [-0.25, -0.2) is 4.98 Å². The number of carbonyl (C=O) groups excluding carboxylic acids is 1. The van der Waals surface area contributed by atoms with E-state index < -0.39 is 0 Å². The lowest BCUT2D eigenvalue weighted by molar-refractivity contribution is 0.101. The number of nitrogens with zero attached hydrogens (tertiary/aromatic N) is 2. The zero-order valence-corrected chi connectivity index (χ0v) is 11.9. The third kappa shape index (κ3) is 3.17. The Hall–Kier alpha value is -2.30. The monoisotopic (exact) mass is 274 g/mol. The summed E-state index contributed by atoms with van der Waals surface area (Å²) in [6, 6.07) is 5.19. The van der Waals surface area contributed by atoms with Crippen LogP contribution < -0.4 is 9.47 Å². The highest BCUT2D eigenvalue weighted by Gasteiger charge is 2.08. The highest BCUT2D eigenvalue weighted by molar-refractivity contribution is 5.94. The van der Waals surface area contributed by atoms with Crippen LogP contribution in [0.4, 0.5) is 0 Å². The van der Waals surface area contributed by atoms with Gasteiger partial charge in [0.15, 0.2) is 17.3 Å². The van der Waals surface area contributed by atoms with Crippen molar-refractivity contribution >= 4 is 5.78 Å². The van der Waals surface area contributed by atoms with Crippen LogP contribution in [0.15, 0.2) is 30.6 Å². The van der Waals surface area contributed by atoms with E-state index in [2.05, 4.69) is 4.98 Å². The van der Waals surface area contributed by atoms with Gasteiger partial charge in [-0.15, -0.1) is 0 Å². The molecule has 5 nitrogen and oxygen atoms in total. The highest BCUT2D eigenvalue weighted by atomic mass is 16.5. The molecule has 0 saturated heterocycles. The average Bonchev–Trinajstić information content (AvgIpc) is 2.84. The SMILES string of the molecule is COc1cc(C(C)=O)ccc1OCCn1ccnc1C. The van der Waals surface area contributed by atoms with Gasteiger partial charge in [0.25, 0.3) is 0 Å². The Morgan fingerprint density at radius 1 is 1.35 bits per heavy atom. The minimum atomic E-state index is 0.00360. The van der Waals surface area contributed by atoms with E-state index in [0.717, 1.165) is 5.82 Å². The molecule has 0 unspecified atom stereocenters. The quantitative estimate of drug-likeness (QED) is 0.759. The minimum Gasteiger partial charge on any atom is -0.493 e. The smallest absolute Gasteiger partial charge is 0.161 e. The number of benzene rings is 1. The Balaban J connectivity index is 2.02.